The number of hydrogen-bond donors (Lipinski definition) is 2. The average molecular weight is 285 g/mol. The van der Waals surface area contributed by atoms with Crippen LogP contribution in [0.2, 0.25) is 0 Å². The minimum Gasteiger partial charge on any atom is -0.489 e. The van der Waals surface area contributed by atoms with Crippen molar-refractivity contribution >= 4 is 12.6 Å². The van der Waals surface area contributed by atoms with E-state index in [0.29, 0.717) is 5.56 Å². The summed E-state index contributed by atoms with van der Waals surface area (Å²) >= 11 is 0. The van der Waals surface area contributed by atoms with E-state index in [-0.39, 0.29) is 17.8 Å². The molecule has 0 atom stereocenters. The van der Waals surface area contributed by atoms with Crippen molar-refractivity contribution in [1.82, 2.24) is 0 Å². The second-order valence-electron chi connectivity index (χ2n) is 4.60. The van der Waals surface area contributed by atoms with Gasteiger partial charge in [-0.1, -0.05) is 12.1 Å². The minimum absolute atomic E-state index is 0.0776. The van der Waals surface area contributed by atoms with Gasteiger partial charge in [-0.25, -0.2) is 4.39 Å². The fraction of sp³-hybridized carbons (Fsp3) is 0.133. The van der Waals surface area contributed by atoms with Crippen molar-refractivity contribution in [2.24, 2.45) is 0 Å². The Hall–Kier alpha value is -2.36. The highest BCUT2D eigenvalue weighted by Gasteiger charge is 2.18. The Kier molecular flexibility index (Phi) is 4.58. The third-order valence-corrected chi connectivity index (χ3v) is 3.11. The van der Waals surface area contributed by atoms with Gasteiger partial charge in [0, 0.05) is 11.5 Å². The zero-order valence-electron chi connectivity index (χ0n) is 11.4. The van der Waals surface area contributed by atoms with Crippen LogP contribution >= 0.6 is 0 Å². The molecule has 0 aliphatic rings. The van der Waals surface area contributed by atoms with Gasteiger partial charge >= 0.3 is 7.12 Å². The van der Waals surface area contributed by atoms with E-state index in [1.165, 1.54) is 6.07 Å². The molecule has 0 aromatic heterocycles. The highest BCUT2D eigenvalue weighted by atomic mass is 19.1. The maximum absolute atomic E-state index is 13.2. The van der Waals surface area contributed by atoms with Gasteiger partial charge in [0.05, 0.1) is 11.6 Å². The first-order valence-corrected chi connectivity index (χ1v) is 6.29. The highest BCUT2D eigenvalue weighted by Crippen LogP contribution is 2.16. The van der Waals surface area contributed by atoms with E-state index in [1.807, 2.05) is 13.0 Å². The van der Waals surface area contributed by atoms with E-state index in [4.69, 9.17) is 10.00 Å². The van der Waals surface area contributed by atoms with Crippen molar-refractivity contribution in [3.63, 3.8) is 0 Å². The van der Waals surface area contributed by atoms with Crippen molar-refractivity contribution in [2.45, 2.75) is 13.5 Å². The molecular formula is C15H13BFNO3. The molecule has 0 bridgehead atoms. The predicted molar refractivity (Wildman–Crippen MR) is 76.5 cm³/mol. The third-order valence-electron chi connectivity index (χ3n) is 3.11. The van der Waals surface area contributed by atoms with E-state index in [9.17, 15) is 14.4 Å². The standard InChI is InChI=1S/C15H13BFNO3/c1-10-6-11(8-18)2-3-12(10)9-21-15-7-13(17)4-5-14(15)16(19)20/h2-7,19-20H,9H2,1H3. The van der Waals surface area contributed by atoms with E-state index < -0.39 is 12.9 Å². The van der Waals surface area contributed by atoms with E-state index in [2.05, 4.69) is 0 Å². The summed E-state index contributed by atoms with van der Waals surface area (Å²) in [5.74, 6) is -0.445. The first-order chi connectivity index (χ1) is 10.0. The van der Waals surface area contributed by atoms with E-state index >= 15 is 0 Å². The molecule has 0 amide bonds. The Morgan fingerprint density at radius 3 is 2.62 bits per heavy atom. The molecule has 21 heavy (non-hydrogen) atoms. The molecule has 0 spiro atoms. The van der Waals surface area contributed by atoms with Crippen LogP contribution in [0.15, 0.2) is 36.4 Å². The lowest BCUT2D eigenvalue weighted by molar-refractivity contribution is 0.304. The second kappa shape index (κ2) is 6.40. The van der Waals surface area contributed by atoms with Crippen LogP contribution in [0.4, 0.5) is 4.39 Å². The lowest BCUT2D eigenvalue weighted by atomic mass is 9.79. The van der Waals surface area contributed by atoms with Crippen LogP contribution in [-0.2, 0) is 6.61 Å². The largest absolute Gasteiger partial charge is 0.492 e. The molecule has 0 heterocycles. The second-order valence-corrected chi connectivity index (χ2v) is 4.60. The van der Waals surface area contributed by atoms with Crippen molar-refractivity contribution in [3.05, 3.63) is 58.9 Å². The number of ether oxygens (including phenoxy) is 1. The van der Waals surface area contributed by atoms with Crippen LogP contribution in [0.3, 0.4) is 0 Å². The average Bonchev–Trinajstić information content (AvgIpc) is 2.45. The van der Waals surface area contributed by atoms with Crippen molar-refractivity contribution in [2.75, 3.05) is 0 Å². The van der Waals surface area contributed by atoms with Crippen molar-refractivity contribution in [3.8, 4) is 11.8 Å². The number of nitrogens with zero attached hydrogens (tertiary/aromatic N) is 1. The molecule has 0 radical (unpaired) electrons. The number of hydrogen-bond acceptors (Lipinski definition) is 4. The van der Waals surface area contributed by atoms with Gasteiger partial charge in [-0.15, -0.1) is 0 Å². The lowest BCUT2D eigenvalue weighted by Gasteiger charge is -2.12. The number of benzene rings is 2. The van der Waals surface area contributed by atoms with Crippen LogP contribution in [0, 0.1) is 24.1 Å². The summed E-state index contributed by atoms with van der Waals surface area (Å²) < 4.78 is 18.7. The summed E-state index contributed by atoms with van der Waals surface area (Å²) in [5.41, 5.74) is 2.35. The number of rotatable bonds is 4. The highest BCUT2D eigenvalue weighted by molar-refractivity contribution is 6.59. The molecule has 106 valence electrons. The van der Waals surface area contributed by atoms with Gasteiger partial charge in [-0.2, -0.15) is 5.26 Å². The topological polar surface area (TPSA) is 73.5 Å². The molecule has 0 saturated heterocycles. The normalized spacial score (nSPS) is 10.0. The zero-order chi connectivity index (χ0) is 15.4. The number of nitriles is 1. The number of aryl methyl sites for hydroxylation is 1. The molecule has 2 N–H and O–H groups in total. The van der Waals surface area contributed by atoms with Crippen LogP contribution in [0.1, 0.15) is 16.7 Å². The van der Waals surface area contributed by atoms with Gasteiger partial charge < -0.3 is 14.8 Å². The molecule has 0 aliphatic heterocycles. The Morgan fingerprint density at radius 2 is 2.00 bits per heavy atom. The molecule has 0 aliphatic carbocycles. The van der Waals surface area contributed by atoms with Gasteiger partial charge in [0.1, 0.15) is 18.2 Å². The summed E-state index contributed by atoms with van der Waals surface area (Å²) in [6, 6.07) is 10.7. The molecule has 2 aromatic rings. The molecule has 0 unspecified atom stereocenters. The molecule has 4 nitrogen and oxygen atoms in total. The third kappa shape index (κ3) is 3.60. The van der Waals surface area contributed by atoms with Gasteiger partial charge in [-0.3, -0.25) is 0 Å². The van der Waals surface area contributed by atoms with E-state index in [0.717, 1.165) is 23.3 Å². The first-order valence-electron chi connectivity index (χ1n) is 6.29. The summed E-state index contributed by atoms with van der Waals surface area (Å²) in [5, 5.41) is 27.3. The molecule has 0 fully saturated rings. The Bertz CT molecular complexity index is 698. The zero-order valence-corrected chi connectivity index (χ0v) is 11.4. The first kappa shape index (κ1) is 15.0. The van der Waals surface area contributed by atoms with Crippen LogP contribution in [-0.4, -0.2) is 17.2 Å². The molecule has 0 saturated carbocycles. The SMILES string of the molecule is Cc1cc(C#N)ccc1COc1cc(F)ccc1B(O)O. The van der Waals surface area contributed by atoms with Gasteiger partial charge in [0.15, 0.2) is 0 Å². The Morgan fingerprint density at radius 1 is 1.24 bits per heavy atom. The fourth-order valence-electron chi connectivity index (χ4n) is 1.93. The molecule has 6 heteroatoms. The molecular weight excluding hydrogens is 272 g/mol. The summed E-state index contributed by atoms with van der Waals surface area (Å²) in [6.07, 6.45) is 0. The summed E-state index contributed by atoms with van der Waals surface area (Å²) in [7, 11) is -1.73. The summed E-state index contributed by atoms with van der Waals surface area (Å²) in [6.45, 7) is 1.98. The minimum atomic E-state index is -1.73. The van der Waals surface area contributed by atoms with E-state index in [1.54, 1.807) is 18.2 Å². The van der Waals surface area contributed by atoms with Crippen LogP contribution in [0.25, 0.3) is 0 Å². The molecule has 2 rings (SSSR count). The molecule has 2 aromatic carbocycles. The van der Waals surface area contributed by atoms with Crippen molar-refractivity contribution < 1.29 is 19.2 Å². The maximum atomic E-state index is 13.2. The quantitative estimate of drug-likeness (QED) is 0.829. The number of halogens is 1. The fourth-order valence-corrected chi connectivity index (χ4v) is 1.93. The van der Waals surface area contributed by atoms with Gasteiger partial charge in [-0.05, 0) is 36.2 Å². The maximum Gasteiger partial charge on any atom is 0.492 e. The smallest absolute Gasteiger partial charge is 0.489 e. The Balaban J connectivity index is 2.20. The van der Waals surface area contributed by atoms with Crippen LogP contribution in [0.5, 0.6) is 5.75 Å². The predicted octanol–water partition coefficient (Wildman–Crippen LogP) is 1.26. The van der Waals surface area contributed by atoms with Gasteiger partial charge in [0.2, 0.25) is 0 Å². The lowest BCUT2D eigenvalue weighted by Crippen LogP contribution is -2.31. The Labute approximate surface area is 122 Å². The van der Waals surface area contributed by atoms with Gasteiger partial charge in [0.25, 0.3) is 0 Å². The van der Waals surface area contributed by atoms with Crippen LogP contribution < -0.4 is 10.2 Å². The monoisotopic (exact) mass is 285 g/mol. The summed E-state index contributed by atoms with van der Waals surface area (Å²) in [4.78, 5) is 0. The van der Waals surface area contributed by atoms with Crippen molar-refractivity contribution in [1.29, 1.82) is 5.26 Å².